The third kappa shape index (κ3) is 4.21. The van der Waals surface area contributed by atoms with Crippen LogP contribution in [0.1, 0.15) is 82.4 Å². The maximum atomic E-state index is 13.1. The van der Waals surface area contributed by atoms with E-state index in [0.717, 1.165) is 25.0 Å². The average Bonchev–Trinajstić information content (AvgIpc) is 3.06. The number of aliphatic hydroxyl groups excluding tert-OH is 1. The Morgan fingerprint density at radius 3 is 2.56 bits per heavy atom. The zero-order chi connectivity index (χ0) is 19.8. The molecule has 6 nitrogen and oxygen atoms in total. The summed E-state index contributed by atoms with van der Waals surface area (Å²) < 4.78 is 8.26. The second-order valence-electron chi connectivity index (χ2n) is 8.89. The number of aliphatic hydroxyl groups is 1. The molecule has 2 aliphatic heterocycles. The maximum Gasteiger partial charge on any atom is 0.272 e. The van der Waals surface area contributed by atoms with Crippen LogP contribution in [0.25, 0.3) is 0 Å². The van der Waals surface area contributed by atoms with Crippen LogP contribution in [0.5, 0.6) is 0 Å². The van der Waals surface area contributed by atoms with E-state index in [1.807, 2.05) is 22.6 Å². The van der Waals surface area contributed by atoms with E-state index in [-0.39, 0.29) is 23.7 Å². The Balaban J connectivity index is 1.69. The van der Waals surface area contributed by atoms with Gasteiger partial charge >= 0.3 is 0 Å². The summed E-state index contributed by atoms with van der Waals surface area (Å²) in [6, 6.07) is 1.94. The molecule has 3 rings (SSSR count). The Morgan fingerprint density at radius 2 is 2.00 bits per heavy atom. The monoisotopic (exact) mass is 377 g/mol. The first-order chi connectivity index (χ1) is 12.7. The van der Waals surface area contributed by atoms with E-state index in [9.17, 15) is 9.90 Å². The third-order valence-electron chi connectivity index (χ3n) is 6.13. The number of ether oxygens (including phenoxy) is 1. The SMILES string of the molecule is CCn1nc(C(C)C)cc1C(=O)N1CCC2(CC1)C[C@H](O)C[C@H](C(C)C)O2. The predicted molar refractivity (Wildman–Crippen MR) is 105 cm³/mol. The van der Waals surface area contributed by atoms with Crippen LogP contribution in [-0.2, 0) is 11.3 Å². The van der Waals surface area contributed by atoms with E-state index < -0.39 is 0 Å². The molecule has 27 heavy (non-hydrogen) atoms. The van der Waals surface area contributed by atoms with E-state index in [1.165, 1.54) is 0 Å². The molecule has 0 aliphatic carbocycles. The van der Waals surface area contributed by atoms with E-state index in [1.54, 1.807) is 0 Å². The number of piperidine rings is 1. The first-order valence-corrected chi connectivity index (χ1v) is 10.5. The number of rotatable bonds is 4. The van der Waals surface area contributed by atoms with E-state index >= 15 is 0 Å². The minimum absolute atomic E-state index is 0.0582. The minimum Gasteiger partial charge on any atom is -0.393 e. The van der Waals surface area contributed by atoms with Crippen LogP contribution >= 0.6 is 0 Å². The van der Waals surface area contributed by atoms with Crippen molar-refractivity contribution in [1.82, 2.24) is 14.7 Å². The molecule has 2 aliphatic rings. The summed E-state index contributed by atoms with van der Waals surface area (Å²) in [6.45, 7) is 12.5. The van der Waals surface area contributed by atoms with Gasteiger partial charge in [0, 0.05) is 26.1 Å². The molecule has 1 aromatic rings. The van der Waals surface area contributed by atoms with Crippen molar-refractivity contribution in [2.24, 2.45) is 5.92 Å². The molecule has 1 aromatic heterocycles. The highest BCUT2D eigenvalue weighted by molar-refractivity contribution is 5.92. The van der Waals surface area contributed by atoms with Gasteiger partial charge in [-0.15, -0.1) is 0 Å². The molecule has 0 aromatic carbocycles. The number of nitrogens with zero attached hydrogens (tertiary/aromatic N) is 3. The highest BCUT2D eigenvalue weighted by Gasteiger charge is 2.44. The summed E-state index contributed by atoms with van der Waals surface area (Å²) in [5.74, 6) is 0.756. The number of amides is 1. The first-order valence-electron chi connectivity index (χ1n) is 10.5. The van der Waals surface area contributed by atoms with Crippen LogP contribution in [0.15, 0.2) is 6.07 Å². The second kappa shape index (κ2) is 7.92. The molecule has 1 N–H and O–H groups in total. The average molecular weight is 378 g/mol. The molecular formula is C21H35N3O3. The normalized spacial score (nSPS) is 25.6. The lowest BCUT2D eigenvalue weighted by molar-refractivity contribution is -0.190. The zero-order valence-electron chi connectivity index (χ0n) is 17.4. The Bertz CT molecular complexity index is 660. The van der Waals surface area contributed by atoms with Crippen LogP contribution in [-0.4, -0.2) is 56.6 Å². The van der Waals surface area contributed by atoms with Crippen LogP contribution in [0.4, 0.5) is 0 Å². The topological polar surface area (TPSA) is 67.6 Å². The number of likely N-dealkylation sites (tertiary alicyclic amines) is 1. The Hall–Kier alpha value is -1.40. The van der Waals surface area contributed by atoms with Crippen LogP contribution < -0.4 is 0 Å². The van der Waals surface area contributed by atoms with Crippen molar-refractivity contribution in [1.29, 1.82) is 0 Å². The second-order valence-corrected chi connectivity index (χ2v) is 8.89. The van der Waals surface area contributed by atoms with Crippen LogP contribution in [0.3, 0.4) is 0 Å². The number of hydrogen-bond acceptors (Lipinski definition) is 4. The molecule has 6 heteroatoms. The fraction of sp³-hybridized carbons (Fsp3) is 0.810. The van der Waals surface area contributed by atoms with Crippen LogP contribution in [0.2, 0.25) is 0 Å². The molecule has 152 valence electrons. The largest absolute Gasteiger partial charge is 0.393 e. The van der Waals surface area contributed by atoms with Gasteiger partial charge in [-0.2, -0.15) is 5.10 Å². The van der Waals surface area contributed by atoms with Crippen LogP contribution in [0, 0.1) is 5.92 Å². The van der Waals surface area contributed by atoms with Gasteiger partial charge in [-0.05, 0) is 44.1 Å². The maximum absolute atomic E-state index is 13.1. The zero-order valence-corrected chi connectivity index (χ0v) is 17.4. The van der Waals surface area contributed by atoms with Gasteiger partial charge in [-0.25, -0.2) is 0 Å². The lowest BCUT2D eigenvalue weighted by Gasteiger charge is -2.48. The van der Waals surface area contributed by atoms with Crippen molar-refractivity contribution in [3.63, 3.8) is 0 Å². The summed E-state index contributed by atoms with van der Waals surface area (Å²) in [5.41, 5.74) is 1.37. The van der Waals surface area contributed by atoms with Crippen molar-refractivity contribution >= 4 is 5.91 Å². The third-order valence-corrected chi connectivity index (χ3v) is 6.13. The molecule has 0 radical (unpaired) electrons. The molecule has 1 amide bonds. The van der Waals surface area contributed by atoms with Gasteiger partial charge in [0.05, 0.1) is 23.5 Å². The molecule has 1 spiro atoms. The molecule has 0 saturated carbocycles. The standard InChI is InChI=1S/C21H35N3O3/c1-6-24-18(12-17(22-24)14(2)3)20(26)23-9-7-21(8-10-23)13-16(25)11-19(27-21)15(4)5/h12,14-16,19,25H,6-11,13H2,1-5H3/t16-,19-/m1/s1. The van der Waals surface area contributed by atoms with Crippen molar-refractivity contribution in [2.75, 3.05) is 13.1 Å². The van der Waals surface area contributed by atoms with Crippen molar-refractivity contribution in [3.05, 3.63) is 17.5 Å². The summed E-state index contributed by atoms with van der Waals surface area (Å²) in [7, 11) is 0. The quantitative estimate of drug-likeness (QED) is 0.875. The van der Waals surface area contributed by atoms with Gasteiger partial charge in [0.25, 0.3) is 5.91 Å². The Morgan fingerprint density at radius 1 is 1.33 bits per heavy atom. The lowest BCUT2D eigenvalue weighted by Crippen LogP contribution is -2.54. The molecule has 0 bridgehead atoms. The summed E-state index contributed by atoms with van der Waals surface area (Å²) in [5, 5.41) is 14.9. The molecule has 2 atom stereocenters. The van der Waals surface area contributed by atoms with Gasteiger partial charge in [0.2, 0.25) is 0 Å². The summed E-state index contributed by atoms with van der Waals surface area (Å²) in [6.07, 6.45) is 2.78. The Labute approximate surface area is 162 Å². The molecule has 2 saturated heterocycles. The molecule has 3 heterocycles. The number of aryl methyl sites for hydroxylation is 1. The Kier molecular flexibility index (Phi) is 5.96. The summed E-state index contributed by atoms with van der Waals surface area (Å²) in [4.78, 5) is 15.0. The number of aromatic nitrogens is 2. The number of hydrogen-bond donors (Lipinski definition) is 1. The van der Waals surface area contributed by atoms with Crippen molar-refractivity contribution in [3.8, 4) is 0 Å². The van der Waals surface area contributed by atoms with Gasteiger partial charge in [-0.1, -0.05) is 27.7 Å². The van der Waals surface area contributed by atoms with Crippen molar-refractivity contribution < 1.29 is 14.6 Å². The lowest BCUT2D eigenvalue weighted by atomic mass is 9.80. The first kappa shape index (κ1) is 20.3. The van der Waals surface area contributed by atoms with Gasteiger partial charge < -0.3 is 14.7 Å². The summed E-state index contributed by atoms with van der Waals surface area (Å²) >= 11 is 0. The van der Waals surface area contributed by atoms with E-state index in [0.29, 0.717) is 43.6 Å². The molecule has 2 fully saturated rings. The fourth-order valence-electron chi connectivity index (χ4n) is 4.34. The predicted octanol–water partition coefficient (Wildman–Crippen LogP) is 3.20. The highest BCUT2D eigenvalue weighted by atomic mass is 16.5. The highest BCUT2D eigenvalue weighted by Crippen LogP contribution is 2.39. The number of carbonyl (C=O) groups is 1. The smallest absolute Gasteiger partial charge is 0.272 e. The van der Waals surface area contributed by atoms with Crippen molar-refractivity contribution in [2.45, 2.75) is 90.6 Å². The minimum atomic E-state index is -0.302. The van der Waals surface area contributed by atoms with E-state index in [2.05, 4.69) is 32.8 Å². The number of carbonyl (C=O) groups excluding carboxylic acids is 1. The van der Waals surface area contributed by atoms with Gasteiger partial charge in [-0.3, -0.25) is 9.48 Å². The van der Waals surface area contributed by atoms with Gasteiger partial charge in [0.15, 0.2) is 0 Å². The van der Waals surface area contributed by atoms with E-state index in [4.69, 9.17) is 4.74 Å². The molecular weight excluding hydrogens is 342 g/mol. The molecule has 0 unspecified atom stereocenters. The van der Waals surface area contributed by atoms with Gasteiger partial charge in [0.1, 0.15) is 5.69 Å². The fourth-order valence-corrected chi connectivity index (χ4v) is 4.34.